The van der Waals surface area contributed by atoms with E-state index in [1.54, 1.807) is 0 Å². The summed E-state index contributed by atoms with van der Waals surface area (Å²) in [6.07, 6.45) is 0.500. The molecule has 52 valence electrons. The van der Waals surface area contributed by atoms with Crippen LogP contribution in [0.1, 0.15) is 0 Å². The first-order valence-electron chi connectivity index (χ1n) is 1.82. The van der Waals surface area contributed by atoms with E-state index in [0.29, 0.717) is 0 Å². The van der Waals surface area contributed by atoms with Crippen LogP contribution in [-0.4, -0.2) is 26.4 Å². The Morgan fingerprint density at radius 1 is 0.889 bits per heavy atom. The quantitative estimate of drug-likeness (QED) is 0.442. The van der Waals surface area contributed by atoms with Crippen molar-refractivity contribution in [3.05, 3.63) is 0 Å². The maximum Gasteiger partial charge on any atom is 0.373 e. The molecule has 5 heteroatoms. The van der Waals surface area contributed by atoms with Gasteiger partial charge in [0.2, 0.25) is 0 Å². The molecule has 0 aromatic carbocycles. The van der Waals surface area contributed by atoms with Crippen molar-refractivity contribution in [1.29, 1.82) is 0 Å². The number of hydrogen-bond donors (Lipinski definition) is 1. The molecule has 0 radical (unpaired) electrons. The van der Waals surface area contributed by atoms with Gasteiger partial charge in [-0.15, -0.1) is 0 Å². The zero-order chi connectivity index (χ0) is 8.12. The summed E-state index contributed by atoms with van der Waals surface area (Å²) in [7, 11) is 3.75. The molecule has 0 fully saturated rings. The highest BCUT2D eigenvalue weighted by atomic mass is 16.2. The first kappa shape index (κ1) is 15.6. The zero-order valence-electron chi connectivity index (χ0n) is 5.13. The SMILES string of the molecule is CNC.O=C=O.O=C=O. The molecule has 9 heavy (non-hydrogen) atoms. The highest BCUT2D eigenvalue weighted by molar-refractivity contribution is 5.20. The Kier molecular flexibility index (Phi) is 129. The van der Waals surface area contributed by atoms with Crippen LogP contribution in [0.25, 0.3) is 0 Å². The summed E-state index contributed by atoms with van der Waals surface area (Å²) in [5.41, 5.74) is 0. The van der Waals surface area contributed by atoms with Crippen molar-refractivity contribution in [1.82, 2.24) is 5.32 Å². The lowest BCUT2D eigenvalue weighted by Gasteiger charge is -1.59. The molecule has 0 aromatic heterocycles. The predicted molar refractivity (Wildman–Crippen MR) is 25.0 cm³/mol. The molecule has 0 unspecified atom stereocenters. The lowest BCUT2D eigenvalue weighted by atomic mass is 11.3. The summed E-state index contributed by atoms with van der Waals surface area (Å²) < 4.78 is 0. The third-order valence-electron chi connectivity index (χ3n) is 0. The smallest absolute Gasteiger partial charge is 0.323 e. The van der Waals surface area contributed by atoms with Crippen LogP contribution in [0.4, 0.5) is 0 Å². The second-order valence-electron chi connectivity index (χ2n) is 0.667. The van der Waals surface area contributed by atoms with Gasteiger partial charge >= 0.3 is 12.3 Å². The summed E-state index contributed by atoms with van der Waals surface area (Å²) >= 11 is 0. The third-order valence-corrected chi connectivity index (χ3v) is 0. The standard InChI is InChI=1S/C2H7N.2CO2/c1-3-2;2*2-1-3/h3H,1-2H3;;. The summed E-state index contributed by atoms with van der Waals surface area (Å²) in [5, 5.41) is 2.75. The molecule has 0 bridgehead atoms. The molecule has 0 amide bonds. The van der Waals surface area contributed by atoms with Gasteiger partial charge in [-0.05, 0) is 14.1 Å². The summed E-state index contributed by atoms with van der Waals surface area (Å²) in [6, 6.07) is 0. The van der Waals surface area contributed by atoms with Crippen LogP contribution in [-0.2, 0) is 19.2 Å². The minimum Gasteiger partial charge on any atom is -0.323 e. The number of hydrogen-bond acceptors (Lipinski definition) is 5. The molecule has 0 aliphatic heterocycles. The van der Waals surface area contributed by atoms with Gasteiger partial charge in [0.1, 0.15) is 0 Å². The maximum atomic E-state index is 8.12. The molecule has 0 aliphatic rings. The van der Waals surface area contributed by atoms with E-state index < -0.39 is 0 Å². The van der Waals surface area contributed by atoms with Crippen LogP contribution in [0.3, 0.4) is 0 Å². The van der Waals surface area contributed by atoms with E-state index in [1.807, 2.05) is 14.1 Å². The summed E-state index contributed by atoms with van der Waals surface area (Å²) in [5.74, 6) is 0. The average Bonchev–Trinajstić information content (AvgIpc) is 1.70. The second-order valence-corrected chi connectivity index (χ2v) is 0.667. The molecular formula is C4H7NO4. The molecule has 0 spiro atoms. The van der Waals surface area contributed by atoms with Crippen molar-refractivity contribution in [3.8, 4) is 0 Å². The van der Waals surface area contributed by atoms with Gasteiger partial charge < -0.3 is 5.32 Å². The minimum absolute atomic E-state index is 0.250. The Hall–Kier alpha value is -1.28. The monoisotopic (exact) mass is 133 g/mol. The van der Waals surface area contributed by atoms with Crippen LogP contribution in [0, 0.1) is 0 Å². The van der Waals surface area contributed by atoms with Crippen molar-refractivity contribution in [2.75, 3.05) is 14.1 Å². The van der Waals surface area contributed by atoms with Crippen LogP contribution >= 0.6 is 0 Å². The molecule has 0 aliphatic carbocycles. The van der Waals surface area contributed by atoms with Gasteiger partial charge in [-0.3, -0.25) is 0 Å². The fraction of sp³-hybridized carbons (Fsp3) is 0.500. The third kappa shape index (κ3) is 91.4. The van der Waals surface area contributed by atoms with Gasteiger partial charge in [0.25, 0.3) is 0 Å². The Balaban J connectivity index is -0.0000000600. The number of carbonyl (C=O) groups excluding carboxylic acids is 4. The van der Waals surface area contributed by atoms with Crippen molar-refractivity contribution in [2.45, 2.75) is 0 Å². The number of nitrogens with one attached hydrogen (secondary N) is 1. The molecule has 0 rings (SSSR count). The molecule has 0 saturated heterocycles. The van der Waals surface area contributed by atoms with Gasteiger partial charge in [-0.2, -0.15) is 19.2 Å². The average molecular weight is 133 g/mol. The van der Waals surface area contributed by atoms with E-state index in [0.717, 1.165) is 0 Å². The van der Waals surface area contributed by atoms with Gasteiger partial charge in [0.05, 0.1) is 0 Å². The van der Waals surface area contributed by atoms with E-state index in [1.165, 1.54) is 0 Å². The van der Waals surface area contributed by atoms with Crippen molar-refractivity contribution < 1.29 is 19.2 Å². The van der Waals surface area contributed by atoms with E-state index >= 15 is 0 Å². The molecule has 1 N–H and O–H groups in total. The van der Waals surface area contributed by atoms with E-state index in [-0.39, 0.29) is 12.3 Å². The Bertz CT molecular complexity index is 76.7. The number of rotatable bonds is 0. The first-order valence-corrected chi connectivity index (χ1v) is 1.82. The molecule has 5 nitrogen and oxygen atoms in total. The van der Waals surface area contributed by atoms with Gasteiger partial charge in [-0.1, -0.05) is 0 Å². The second kappa shape index (κ2) is 74.3. The highest BCUT2D eigenvalue weighted by Crippen LogP contribution is 0.981. The lowest BCUT2D eigenvalue weighted by Crippen LogP contribution is -1.89. The highest BCUT2D eigenvalue weighted by Gasteiger charge is 1.25. The van der Waals surface area contributed by atoms with Gasteiger partial charge in [0, 0.05) is 0 Å². The summed E-state index contributed by atoms with van der Waals surface area (Å²) in [6.45, 7) is 0. The normalized spacial score (nSPS) is 3.78. The van der Waals surface area contributed by atoms with Crippen molar-refractivity contribution >= 4 is 12.3 Å². The topological polar surface area (TPSA) is 80.3 Å². The summed E-state index contributed by atoms with van der Waals surface area (Å²) in [4.78, 5) is 32.5. The molecule has 0 atom stereocenters. The minimum atomic E-state index is 0.250. The van der Waals surface area contributed by atoms with Crippen molar-refractivity contribution in [2.24, 2.45) is 0 Å². The van der Waals surface area contributed by atoms with Crippen molar-refractivity contribution in [3.63, 3.8) is 0 Å². The van der Waals surface area contributed by atoms with E-state index in [2.05, 4.69) is 5.32 Å². The predicted octanol–water partition coefficient (Wildman–Crippen LogP) is -1.33. The Labute approximate surface area is 52.0 Å². The molecular weight excluding hydrogens is 126 g/mol. The Morgan fingerprint density at radius 2 is 0.889 bits per heavy atom. The largest absolute Gasteiger partial charge is 0.373 e. The fourth-order valence-electron chi connectivity index (χ4n) is 0. The van der Waals surface area contributed by atoms with Crippen LogP contribution in [0.2, 0.25) is 0 Å². The molecule has 0 saturated carbocycles. The molecule has 0 aromatic rings. The van der Waals surface area contributed by atoms with Crippen LogP contribution in [0.15, 0.2) is 0 Å². The maximum absolute atomic E-state index is 8.12. The van der Waals surface area contributed by atoms with Gasteiger partial charge in [0.15, 0.2) is 0 Å². The van der Waals surface area contributed by atoms with E-state index in [9.17, 15) is 0 Å². The Morgan fingerprint density at radius 3 is 0.889 bits per heavy atom. The lowest BCUT2D eigenvalue weighted by molar-refractivity contribution is -0.193. The zero-order valence-corrected chi connectivity index (χ0v) is 5.13. The van der Waals surface area contributed by atoms with Crippen LogP contribution in [0.5, 0.6) is 0 Å². The molecule has 0 heterocycles. The van der Waals surface area contributed by atoms with Gasteiger partial charge in [-0.25, -0.2) is 0 Å². The van der Waals surface area contributed by atoms with E-state index in [4.69, 9.17) is 19.2 Å². The fourth-order valence-corrected chi connectivity index (χ4v) is 0. The van der Waals surface area contributed by atoms with Crippen LogP contribution < -0.4 is 5.32 Å². The first-order chi connectivity index (χ1) is 4.24.